The van der Waals surface area contributed by atoms with Crippen LogP contribution in [0.1, 0.15) is 37.8 Å². The first-order valence-electron chi connectivity index (χ1n) is 7.58. The van der Waals surface area contributed by atoms with E-state index in [2.05, 4.69) is 12.2 Å². The number of piperidine rings is 1. The lowest BCUT2D eigenvalue weighted by atomic mass is 10.0. The Morgan fingerprint density at radius 3 is 2.73 bits per heavy atom. The molecule has 114 valence electrons. The van der Waals surface area contributed by atoms with Crippen LogP contribution >= 0.6 is 0 Å². The van der Waals surface area contributed by atoms with Crippen molar-refractivity contribution in [1.82, 2.24) is 9.88 Å². The predicted octanol–water partition coefficient (Wildman–Crippen LogP) is 1.93. The summed E-state index contributed by atoms with van der Waals surface area (Å²) < 4.78 is 1.44. The van der Waals surface area contributed by atoms with E-state index >= 15 is 0 Å². The van der Waals surface area contributed by atoms with Crippen LogP contribution < -0.4 is 10.9 Å². The number of nitrogens with one attached hydrogen (secondary N) is 1. The topological polar surface area (TPSA) is 68.2 Å². The largest absolute Gasteiger partial charge is 0.302 e. The minimum atomic E-state index is -0.607. The molecule has 1 atom stereocenters. The highest BCUT2D eigenvalue weighted by atomic mass is 16.2. The Balaban J connectivity index is 2.09. The molecule has 1 N–H and O–H groups in total. The molecule has 5 heteroatoms. The molecular weight excluding hydrogens is 280 g/mol. The Bertz CT molecular complexity index is 807. The summed E-state index contributed by atoms with van der Waals surface area (Å²) in [6, 6.07) is 6.99. The molecule has 3 rings (SSSR count). The molecule has 0 radical (unpaired) electrons. The summed E-state index contributed by atoms with van der Waals surface area (Å²) in [6.07, 6.45) is 4.22. The third kappa shape index (κ3) is 2.43. The molecule has 1 fully saturated rings. The molecule has 2 aromatic rings. The standard InChI is InChI=1S/C17H18N2O3/c1-2-4-11-5-3-6-13-12(11)9-10-19(17(13)22)14-7-8-15(20)18-16(14)21/h3,5-6,9-10,14H,2,4,7-8H2,1H3,(H,18,20,21). The van der Waals surface area contributed by atoms with Gasteiger partial charge in [-0.15, -0.1) is 0 Å². The summed E-state index contributed by atoms with van der Waals surface area (Å²) >= 11 is 0. The third-order valence-electron chi connectivity index (χ3n) is 4.13. The average molecular weight is 298 g/mol. The zero-order valence-electron chi connectivity index (χ0n) is 12.5. The number of hydrogen-bond donors (Lipinski definition) is 1. The van der Waals surface area contributed by atoms with Crippen molar-refractivity contribution >= 4 is 22.6 Å². The van der Waals surface area contributed by atoms with Gasteiger partial charge in [-0.25, -0.2) is 0 Å². The van der Waals surface area contributed by atoms with E-state index in [1.54, 1.807) is 12.3 Å². The normalized spacial score (nSPS) is 18.5. The maximum Gasteiger partial charge on any atom is 0.259 e. The van der Waals surface area contributed by atoms with Crippen molar-refractivity contribution in [3.8, 4) is 0 Å². The maximum absolute atomic E-state index is 12.7. The minimum absolute atomic E-state index is 0.176. The first-order valence-corrected chi connectivity index (χ1v) is 7.58. The Labute approximate surface area is 127 Å². The molecule has 1 aromatic heterocycles. The van der Waals surface area contributed by atoms with Gasteiger partial charge in [0.15, 0.2) is 0 Å². The van der Waals surface area contributed by atoms with Gasteiger partial charge in [-0.3, -0.25) is 19.7 Å². The molecule has 5 nitrogen and oxygen atoms in total. The molecule has 22 heavy (non-hydrogen) atoms. The van der Waals surface area contributed by atoms with Crippen LogP contribution in [-0.2, 0) is 16.0 Å². The van der Waals surface area contributed by atoms with Gasteiger partial charge in [0.1, 0.15) is 6.04 Å². The van der Waals surface area contributed by atoms with E-state index in [1.807, 2.05) is 18.2 Å². The molecule has 1 saturated heterocycles. The van der Waals surface area contributed by atoms with Crippen molar-refractivity contribution in [3.63, 3.8) is 0 Å². The number of aromatic nitrogens is 1. The molecule has 1 aliphatic heterocycles. The molecular formula is C17H18N2O3. The first-order chi connectivity index (χ1) is 10.6. The van der Waals surface area contributed by atoms with E-state index in [1.165, 1.54) is 4.57 Å². The number of pyridine rings is 1. The molecule has 1 aliphatic rings. The zero-order chi connectivity index (χ0) is 15.7. The molecule has 1 unspecified atom stereocenters. The summed E-state index contributed by atoms with van der Waals surface area (Å²) in [5.41, 5.74) is 0.970. The number of hydrogen-bond acceptors (Lipinski definition) is 3. The Morgan fingerprint density at radius 1 is 1.18 bits per heavy atom. The number of amides is 2. The lowest BCUT2D eigenvalue weighted by Gasteiger charge is -2.23. The highest BCUT2D eigenvalue weighted by Crippen LogP contribution is 2.21. The fourth-order valence-electron chi connectivity index (χ4n) is 3.04. The fraction of sp³-hybridized carbons (Fsp3) is 0.353. The number of nitrogens with zero attached hydrogens (tertiary/aromatic N) is 1. The number of rotatable bonds is 3. The molecule has 2 heterocycles. The van der Waals surface area contributed by atoms with Crippen LogP contribution in [0.4, 0.5) is 0 Å². The van der Waals surface area contributed by atoms with Gasteiger partial charge >= 0.3 is 0 Å². The van der Waals surface area contributed by atoms with Crippen molar-refractivity contribution in [2.24, 2.45) is 0 Å². The number of aryl methyl sites for hydroxylation is 1. The minimum Gasteiger partial charge on any atom is -0.302 e. The number of fused-ring (bicyclic) bond motifs is 1. The van der Waals surface area contributed by atoms with Crippen molar-refractivity contribution in [2.45, 2.75) is 38.6 Å². The second kappa shape index (κ2) is 5.75. The molecule has 0 spiro atoms. The van der Waals surface area contributed by atoms with Gasteiger partial charge in [0.25, 0.3) is 5.56 Å². The molecule has 1 aromatic carbocycles. The SMILES string of the molecule is CCCc1cccc2c(=O)n(C3CCC(=O)NC3=O)ccc12. The second-order valence-corrected chi connectivity index (χ2v) is 5.62. The van der Waals surface area contributed by atoms with Crippen molar-refractivity contribution in [3.05, 3.63) is 46.4 Å². The summed E-state index contributed by atoms with van der Waals surface area (Å²) in [5, 5.41) is 3.86. The Kier molecular flexibility index (Phi) is 3.79. The average Bonchev–Trinajstić information content (AvgIpc) is 2.49. The molecule has 0 saturated carbocycles. The number of imide groups is 1. The highest BCUT2D eigenvalue weighted by Gasteiger charge is 2.28. The van der Waals surface area contributed by atoms with Crippen molar-refractivity contribution in [1.29, 1.82) is 0 Å². The van der Waals surface area contributed by atoms with Crippen LogP contribution in [-0.4, -0.2) is 16.4 Å². The fourth-order valence-corrected chi connectivity index (χ4v) is 3.04. The second-order valence-electron chi connectivity index (χ2n) is 5.62. The Morgan fingerprint density at radius 2 is 2.00 bits per heavy atom. The van der Waals surface area contributed by atoms with E-state index < -0.39 is 11.9 Å². The maximum atomic E-state index is 12.7. The van der Waals surface area contributed by atoms with Gasteiger partial charge in [-0.2, -0.15) is 0 Å². The van der Waals surface area contributed by atoms with Crippen LogP contribution in [0.25, 0.3) is 10.8 Å². The van der Waals surface area contributed by atoms with Gasteiger partial charge in [0.05, 0.1) is 0 Å². The first kappa shape index (κ1) is 14.5. The predicted molar refractivity (Wildman–Crippen MR) is 83.6 cm³/mol. The van der Waals surface area contributed by atoms with Gasteiger partial charge in [-0.05, 0) is 35.9 Å². The van der Waals surface area contributed by atoms with Crippen LogP contribution in [0.2, 0.25) is 0 Å². The highest BCUT2D eigenvalue weighted by molar-refractivity contribution is 5.99. The van der Waals surface area contributed by atoms with Crippen LogP contribution in [0.3, 0.4) is 0 Å². The van der Waals surface area contributed by atoms with E-state index in [0.29, 0.717) is 11.8 Å². The smallest absolute Gasteiger partial charge is 0.259 e. The summed E-state index contributed by atoms with van der Waals surface area (Å²) in [7, 11) is 0. The van der Waals surface area contributed by atoms with Gasteiger partial charge in [0, 0.05) is 18.0 Å². The van der Waals surface area contributed by atoms with Gasteiger partial charge < -0.3 is 4.57 Å². The lowest BCUT2D eigenvalue weighted by molar-refractivity contribution is -0.135. The van der Waals surface area contributed by atoms with Crippen LogP contribution in [0.5, 0.6) is 0 Å². The third-order valence-corrected chi connectivity index (χ3v) is 4.13. The van der Waals surface area contributed by atoms with Crippen LogP contribution in [0.15, 0.2) is 35.3 Å². The lowest BCUT2D eigenvalue weighted by Crippen LogP contribution is -2.44. The number of benzene rings is 1. The quantitative estimate of drug-likeness (QED) is 0.880. The zero-order valence-corrected chi connectivity index (χ0v) is 12.5. The van der Waals surface area contributed by atoms with Crippen molar-refractivity contribution in [2.75, 3.05) is 0 Å². The van der Waals surface area contributed by atoms with Crippen molar-refractivity contribution < 1.29 is 9.59 Å². The monoisotopic (exact) mass is 298 g/mol. The molecule has 0 bridgehead atoms. The van der Waals surface area contributed by atoms with E-state index in [9.17, 15) is 14.4 Å². The van der Waals surface area contributed by atoms with Gasteiger partial charge in [0.2, 0.25) is 11.8 Å². The molecule has 2 amide bonds. The summed E-state index contributed by atoms with van der Waals surface area (Å²) in [6.45, 7) is 2.10. The van der Waals surface area contributed by atoms with E-state index in [4.69, 9.17) is 0 Å². The van der Waals surface area contributed by atoms with Gasteiger partial charge in [-0.1, -0.05) is 25.5 Å². The molecule has 0 aliphatic carbocycles. The van der Waals surface area contributed by atoms with E-state index in [0.717, 1.165) is 23.8 Å². The number of carbonyl (C=O) groups is 2. The van der Waals surface area contributed by atoms with Crippen LogP contribution in [0, 0.1) is 0 Å². The number of carbonyl (C=O) groups excluding carboxylic acids is 2. The summed E-state index contributed by atoms with van der Waals surface area (Å²) in [4.78, 5) is 35.9. The Hall–Kier alpha value is -2.43. The van der Waals surface area contributed by atoms with E-state index in [-0.39, 0.29) is 17.9 Å². The summed E-state index contributed by atoms with van der Waals surface area (Å²) in [5.74, 6) is -0.678.